The molecule has 2 heterocycles. The molecule has 2 N–H and O–H groups in total. The topological polar surface area (TPSA) is 64.7 Å². The number of nitrogens with zero attached hydrogens (tertiary/aromatic N) is 3. The SMILES string of the molecule is NC(c1cnccn1)c1nc2ccccc2cc1Br. The quantitative estimate of drug-likeness (QED) is 0.790. The first kappa shape index (κ1) is 12.2. The predicted molar refractivity (Wildman–Crippen MR) is 77.5 cm³/mol. The summed E-state index contributed by atoms with van der Waals surface area (Å²) in [4.78, 5) is 12.9. The van der Waals surface area contributed by atoms with Gasteiger partial charge in [0.1, 0.15) is 0 Å². The molecule has 1 atom stereocenters. The number of rotatable bonds is 2. The van der Waals surface area contributed by atoms with Gasteiger partial charge < -0.3 is 5.73 Å². The van der Waals surface area contributed by atoms with Gasteiger partial charge in [-0.05, 0) is 28.1 Å². The highest BCUT2D eigenvalue weighted by molar-refractivity contribution is 9.10. The van der Waals surface area contributed by atoms with Crippen molar-refractivity contribution in [2.45, 2.75) is 6.04 Å². The van der Waals surface area contributed by atoms with Gasteiger partial charge in [-0.1, -0.05) is 18.2 Å². The van der Waals surface area contributed by atoms with E-state index in [4.69, 9.17) is 5.73 Å². The molecular formula is C14H11BrN4. The van der Waals surface area contributed by atoms with E-state index in [2.05, 4.69) is 30.9 Å². The highest BCUT2D eigenvalue weighted by Gasteiger charge is 2.16. The second-order valence-electron chi connectivity index (χ2n) is 4.16. The molecule has 0 fully saturated rings. The van der Waals surface area contributed by atoms with Crippen LogP contribution in [0.4, 0.5) is 0 Å². The van der Waals surface area contributed by atoms with Crippen molar-refractivity contribution < 1.29 is 0 Å². The first-order valence-corrected chi connectivity index (χ1v) is 6.61. The summed E-state index contributed by atoms with van der Waals surface area (Å²) >= 11 is 3.52. The van der Waals surface area contributed by atoms with Crippen LogP contribution < -0.4 is 5.73 Å². The maximum atomic E-state index is 6.21. The summed E-state index contributed by atoms with van der Waals surface area (Å²) in [5.74, 6) is 0. The molecule has 19 heavy (non-hydrogen) atoms. The predicted octanol–water partition coefficient (Wildman–Crippen LogP) is 2.84. The lowest BCUT2D eigenvalue weighted by atomic mass is 10.1. The molecule has 1 unspecified atom stereocenters. The van der Waals surface area contributed by atoms with Crippen LogP contribution in [-0.4, -0.2) is 15.0 Å². The molecule has 3 rings (SSSR count). The van der Waals surface area contributed by atoms with E-state index < -0.39 is 6.04 Å². The summed E-state index contributed by atoms with van der Waals surface area (Å²) in [5.41, 5.74) is 8.59. The third-order valence-electron chi connectivity index (χ3n) is 2.90. The van der Waals surface area contributed by atoms with E-state index in [0.29, 0.717) is 5.69 Å². The average molecular weight is 315 g/mol. The number of pyridine rings is 1. The van der Waals surface area contributed by atoms with E-state index in [0.717, 1.165) is 21.1 Å². The number of para-hydroxylation sites is 1. The molecule has 4 nitrogen and oxygen atoms in total. The van der Waals surface area contributed by atoms with Crippen LogP contribution >= 0.6 is 15.9 Å². The van der Waals surface area contributed by atoms with Gasteiger partial charge in [-0.25, -0.2) is 4.98 Å². The van der Waals surface area contributed by atoms with Gasteiger partial charge in [-0.2, -0.15) is 0 Å². The number of fused-ring (bicyclic) bond motifs is 1. The van der Waals surface area contributed by atoms with E-state index in [-0.39, 0.29) is 0 Å². The van der Waals surface area contributed by atoms with Crippen molar-refractivity contribution in [3.05, 3.63) is 64.8 Å². The van der Waals surface area contributed by atoms with Crippen molar-refractivity contribution in [2.75, 3.05) is 0 Å². The van der Waals surface area contributed by atoms with Crippen molar-refractivity contribution in [3.8, 4) is 0 Å². The Labute approximate surface area is 118 Å². The van der Waals surface area contributed by atoms with Gasteiger partial charge >= 0.3 is 0 Å². The van der Waals surface area contributed by atoms with E-state index in [1.165, 1.54) is 0 Å². The molecule has 0 amide bonds. The first-order chi connectivity index (χ1) is 9.25. The summed E-state index contributed by atoms with van der Waals surface area (Å²) in [7, 11) is 0. The molecule has 0 aliphatic carbocycles. The second kappa shape index (κ2) is 5.03. The number of benzene rings is 1. The molecule has 0 saturated heterocycles. The van der Waals surface area contributed by atoms with Crippen LogP contribution in [0.15, 0.2) is 53.4 Å². The molecule has 0 saturated carbocycles. The molecule has 0 spiro atoms. The van der Waals surface area contributed by atoms with E-state index in [1.54, 1.807) is 18.6 Å². The minimum atomic E-state index is -0.396. The summed E-state index contributed by atoms with van der Waals surface area (Å²) in [6.45, 7) is 0. The number of halogens is 1. The number of hydrogen-bond donors (Lipinski definition) is 1. The molecule has 0 aliphatic rings. The lowest BCUT2D eigenvalue weighted by Gasteiger charge is -2.13. The lowest BCUT2D eigenvalue weighted by Crippen LogP contribution is -2.16. The largest absolute Gasteiger partial charge is 0.318 e. The normalized spacial score (nSPS) is 12.5. The molecular weight excluding hydrogens is 304 g/mol. The number of nitrogens with two attached hydrogens (primary N) is 1. The Balaban J connectivity index is 2.12. The molecule has 94 valence electrons. The smallest absolute Gasteiger partial charge is 0.0927 e. The standard InChI is InChI=1S/C14H11BrN4/c15-10-7-9-3-1-2-4-11(9)19-14(10)13(16)12-8-17-5-6-18-12/h1-8,13H,16H2. The highest BCUT2D eigenvalue weighted by Crippen LogP contribution is 2.27. The van der Waals surface area contributed by atoms with E-state index >= 15 is 0 Å². The third kappa shape index (κ3) is 2.34. The second-order valence-corrected chi connectivity index (χ2v) is 5.01. The zero-order valence-electron chi connectivity index (χ0n) is 9.99. The van der Waals surface area contributed by atoms with Crippen LogP contribution in [0.1, 0.15) is 17.4 Å². The van der Waals surface area contributed by atoms with Crippen molar-refractivity contribution in [2.24, 2.45) is 5.73 Å². The van der Waals surface area contributed by atoms with E-state index in [1.807, 2.05) is 30.3 Å². The molecule has 0 bridgehead atoms. The maximum Gasteiger partial charge on any atom is 0.0927 e. The van der Waals surface area contributed by atoms with Crippen molar-refractivity contribution in [3.63, 3.8) is 0 Å². The molecule has 5 heteroatoms. The minimum absolute atomic E-state index is 0.396. The number of aromatic nitrogens is 3. The summed E-state index contributed by atoms with van der Waals surface area (Å²) < 4.78 is 0.879. The fourth-order valence-corrected chi connectivity index (χ4v) is 2.52. The van der Waals surface area contributed by atoms with Crippen molar-refractivity contribution in [1.82, 2.24) is 15.0 Å². The van der Waals surface area contributed by atoms with Crippen molar-refractivity contribution >= 4 is 26.8 Å². The fraction of sp³-hybridized carbons (Fsp3) is 0.0714. The Hall–Kier alpha value is -1.85. The van der Waals surface area contributed by atoms with Crippen LogP contribution in [0.25, 0.3) is 10.9 Å². The third-order valence-corrected chi connectivity index (χ3v) is 3.54. The van der Waals surface area contributed by atoms with Crippen LogP contribution in [0.2, 0.25) is 0 Å². The lowest BCUT2D eigenvalue weighted by molar-refractivity contribution is 0.786. The zero-order valence-corrected chi connectivity index (χ0v) is 11.6. The molecule has 0 radical (unpaired) electrons. The maximum absolute atomic E-state index is 6.21. The van der Waals surface area contributed by atoms with Gasteiger partial charge in [0, 0.05) is 22.3 Å². The van der Waals surface area contributed by atoms with Crippen LogP contribution in [0.3, 0.4) is 0 Å². The summed E-state index contributed by atoms with van der Waals surface area (Å²) in [6.07, 6.45) is 4.91. The van der Waals surface area contributed by atoms with Gasteiger partial charge in [0.15, 0.2) is 0 Å². The Bertz CT molecular complexity index is 715. The molecule has 0 aliphatic heterocycles. The van der Waals surface area contributed by atoms with Gasteiger partial charge in [0.2, 0.25) is 0 Å². The Morgan fingerprint density at radius 3 is 2.79 bits per heavy atom. The minimum Gasteiger partial charge on any atom is -0.318 e. The first-order valence-electron chi connectivity index (χ1n) is 5.82. The Morgan fingerprint density at radius 1 is 1.16 bits per heavy atom. The van der Waals surface area contributed by atoms with Gasteiger partial charge in [-0.3, -0.25) is 9.97 Å². The Morgan fingerprint density at radius 2 is 2.00 bits per heavy atom. The summed E-state index contributed by atoms with van der Waals surface area (Å²) in [5, 5.41) is 1.07. The molecule has 1 aromatic carbocycles. The zero-order chi connectivity index (χ0) is 13.2. The summed E-state index contributed by atoms with van der Waals surface area (Å²) in [6, 6.07) is 9.56. The van der Waals surface area contributed by atoms with Crippen LogP contribution in [0, 0.1) is 0 Å². The van der Waals surface area contributed by atoms with Crippen LogP contribution in [-0.2, 0) is 0 Å². The molecule has 2 aromatic heterocycles. The average Bonchev–Trinajstić information content (AvgIpc) is 2.47. The van der Waals surface area contributed by atoms with Gasteiger partial charge in [0.05, 0.1) is 29.1 Å². The van der Waals surface area contributed by atoms with Gasteiger partial charge in [-0.15, -0.1) is 0 Å². The Kier molecular flexibility index (Phi) is 3.23. The van der Waals surface area contributed by atoms with Crippen LogP contribution in [0.5, 0.6) is 0 Å². The monoisotopic (exact) mass is 314 g/mol. The fourth-order valence-electron chi connectivity index (χ4n) is 1.93. The van der Waals surface area contributed by atoms with E-state index in [9.17, 15) is 0 Å². The van der Waals surface area contributed by atoms with Crippen molar-refractivity contribution in [1.29, 1.82) is 0 Å². The molecule has 3 aromatic rings. The number of hydrogen-bond acceptors (Lipinski definition) is 4. The van der Waals surface area contributed by atoms with Gasteiger partial charge in [0.25, 0.3) is 0 Å². The highest BCUT2D eigenvalue weighted by atomic mass is 79.9.